The van der Waals surface area contributed by atoms with E-state index < -0.39 is 11.5 Å². The van der Waals surface area contributed by atoms with E-state index in [1.807, 2.05) is 30.3 Å². The van der Waals surface area contributed by atoms with Gasteiger partial charge in [0.05, 0.1) is 13.2 Å². The summed E-state index contributed by atoms with van der Waals surface area (Å²) in [7, 11) is 0. The predicted molar refractivity (Wildman–Crippen MR) is 80.6 cm³/mol. The minimum atomic E-state index is -0.539. The lowest BCUT2D eigenvalue weighted by atomic mass is 9.95. The van der Waals surface area contributed by atoms with E-state index in [2.05, 4.69) is 0 Å². The number of hydrogen-bond donors (Lipinski definition) is 0. The Kier molecular flexibility index (Phi) is 3.20. The van der Waals surface area contributed by atoms with Gasteiger partial charge in [0.2, 0.25) is 5.43 Å². The van der Waals surface area contributed by atoms with Crippen LogP contribution in [0.15, 0.2) is 47.4 Å². The maximum atomic E-state index is 12.2. The predicted octanol–water partition coefficient (Wildman–Crippen LogP) is 1.32. The normalized spacial score (nSPS) is 18.0. The Balaban J connectivity index is 1.73. The summed E-state index contributed by atoms with van der Waals surface area (Å²) < 4.78 is 18.0. The van der Waals surface area contributed by atoms with Gasteiger partial charge in [-0.15, -0.1) is 0 Å². The van der Waals surface area contributed by atoms with Crippen molar-refractivity contribution in [2.75, 3.05) is 19.8 Å². The zero-order chi connectivity index (χ0) is 15.9. The Morgan fingerprint density at radius 2 is 1.87 bits per heavy atom. The molecule has 0 radical (unpaired) electrons. The van der Waals surface area contributed by atoms with Crippen LogP contribution in [0.2, 0.25) is 0 Å². The third-order valence-electron chi connectivity index (χ3n) is 4.20. The number of esters is 1. The highest BCUT2D eigenvalue weighted by molar-refractivity contribution is 5.91. The van der Waals surface area contributed by atoms with E-state index in [0.29, 0.717) is 13.2 Å². The standard InChI is InChI=1S/C17H15NO5/c19-13-6-7-18-14(16(20)23-11-17(18)9-21-10-17)15(13)22-8-12-4-2-1-3-5-12/h1-7H,8-11H2. The van der Waals surface area contributed by atoms with E-state index >= 15 is 0 Å². The fourth-order valence-corrected chi connectivity index (χ4v) is 2.87. The third-order valence-corrected chi connectivity index (χ3v) is 4.20. The Morgan fingerprint density at radius 3 is 2.57 bits per heavy atom. The monoisotopic (exact) mass is 313 g/mol. The highest BCUT2D eigenvalue weighted by atomic mass is 16.6. The summed E-state index contributed by atoms with van der Waals surface area (Å²) in [6, 6.07) is 10.9. The zero-order valence-corrected chi connectivity index (χ0v) is 12.4. The molecule has 1 aromatic carbocycles. The van der Waals surface area contributed by atoms with Gasteiger partial charge >= 0.3 is 5.97 Å². The van der Waals surface area contributed by atoms with Gasteiger partial charge in [-0.1, -0.05) is 30.3 Å². The van der Waals surface area contributed by atoms with Crippen LogP contribution >= 0.6 is 0 Å². The van der Waals surface area contributed by atoms with Crippen molar-refractivity contribution in [1.29, 1.82) is 0 Å². The number of ether oxygens (including phenoxy) is 3. The highest BCUT2D eigenvalue weighted by Gasteiger charge is 2.47. The van der Waals surface area contributed by atoms with Crippen molar-refractivity contribution in [2.24, 2.45) is 0 Å². The van der Waals surface area contributed by atoms with Crippen molar-refractivity contribution >= 4 is 5.97 Å². The number of pyridine rings is 1. The molecule has 2 aliphatic heterocycles. The summed E-state index contributed by atoms with van der Waals surface area (Å²) in [6.45, 7) is 1.37. The van der Waals surface area contributed by atoms with E-state index in [-0.39, 0.29) is 30.1 Å². The fraction of sp³-hybridized carbons (Fsp3) is 0.294. The van der Waals surface area contributed by atoms with Crippen LogP contribution in [-0.4, -0.2) is 30.4 Å². The SMILES string of the molecule is O=C1OCC2(COC2)n2ccc(=O)c(OCc3ccccc3)c21. The van der Waals surface area contributed by atoms with E-state index in [1.54, 1.807) is 10.8 Å². The molecule has 0 bridgehead atoms. The minimum absolute atomic E-state index is 0.0346. The number of carbonyl (C=O) groups excluding carboxylic acids is 1. The molecule has 1 saturated heterocycles. The Labute approximate surface area is 132 Å². The Morgan fingerprint density at radius 1 is 1.09 bits per heavy atom. The zero-order valence-electron chi connectivity index (χ0n) is 12.4. The molecule has 6 heteroatoms. The van der Waals surface area contributed by atoms with Crippen molar-refractivity contribution in [3.05, 3.63) is 64.1 Å². The van der Waals surface area contributed by atoms with Gasteiger partial charge in [0, 0.05) is 12.3 Å². The fourth-order valence-electron chi connectivity index (χ4n) is 2.87. The van der Waals surface area contributed by atoms with Crippen molar-refractivity contribution in [2.45, 2.75) is 12.1 Å². The van der Waals surface area contributed by atoms with Gasteiger partial charge in [0.15, 0.2) is 11.4 Å². The number of aromatic nitrogens is 1. The molecule has 2 aliphatic rings. The first kappa shape index (κ1) is 14.0. The molecule has 0 N–H and O–H groups in total. The number of hydrogen-bond acceptors (Lipinski definition) is 5. The number of nitrogens with zero attached hydrogens (tertiary/aromatic N) is 1. The van der Waals surface area contributed by atoms with Gasteiger partial charge < -0.3 is 18.8 Å². The minimum Gasteiger partial charge on any atom is -0.482 e. The van der Waals surface area contributed by atoms with Crippen LogP contribution in [0.25, 0.3) is 0 Å². The first-order valence-corrected chi connectivity index (χ1v) is 7.37. The highest BCUT2D eigenvalue weighted by Crippen LogP contribution is 2.34. The summed E-state index contributed by atoms with van der Waals surface area (Å²) in [4.78, 5) is 24.4. The second kappa shape index (κ2) is 5.24. The summed E-state index contributed by atoms with van der Waals surface area (Å²) >= 11 is 0. The molecule has 4 rings (SSSR count). The average Bonchev–Trinajstić information content (AvgIpc) is 2.54. The van der Waals surface area contributed by atoms with E-state index in [1.165, 1.54) is 6.07 Å². The molecule has 6 nitrogen and oxygen atoms in total. The molecular weight excluding hydrogens is 298 g/mol. The van der Waals surface area contributed by atoms with Crippen LogP contribution < -0.4 is 10.2 Å². The number of fused-ring (bicyclic) bond motifs is 2. The molecular formula is C17H15NO5. The number of rotatable bonds is 3. The molecule has 0 atom stereocenters. The number of carbonyl (C=O) groups is 1. The first-order valence-electron chi connectivity index (χ1n) is 7.37. The first-order chi connectivity index (χ1) is 11.2. The van der Waals surface area contributed by atoms with Gasteiger partial charge in [0.25, 0.3) is 0 Å². The van der Waals surface area contributed by atoms with Crippen molar-refractivity contribution in [1.82, 2.24) is 4.57 Å². The van der Waals surface area contributed by atoms with Crippen LogP contribution in [0.5, 0.6) is 5.75 Å². The molecule has 0 unspecified atom stereocenters. The summed E-state index contributed by atoms with van der Waals surface area (Å²) in [5.41, 5.74) is 0.340. The quantitative estimate of drug-likeness (QED) is 0.800. The van der Waals surface area contributed by atoms with Crippen molar-refractivity contribution in [3.8, 4) is 5.75 Å². The van der Waals surface area contributed by atoms with Crippen LogP contribution in [0.1, 0.15) is 16.1 Å². The van der Waals surface area contributed by atoms with Gasteiger partial charge in [-0.3, -0.25) is 4.79 Å². The smallest absolute Gasteiger partial charge is 0.359 e. The molecule has 118 valence electrons. The second-order valence-corrected chi connectivity index (χ2v) is 5.80. The molecule has 0 aliphatic carbocycles. The lowest BCUT2D eigenvalue weighted by Gasteiger charge is -2.46. The lowest BCUT2D eigenvalue weighted by molar-refractivity contribution is -0.136. The van der Waals surface area contributed by atoms with Gasteiger partial charge in [-0.05, 0) is 5.56 Å². The van der Waals surface area contributed by atoms with Crippen LogP contribution in [-0.2, 0) is 21.6 Å². The summed E-state index contributed by atoms with van der Waals surface area (Å²) in [5.74, 6) is -0.504. The maximum absolute atomic E-state index is 12.2. The largest absolute Gasteiger partial charge is 0.482 e. The molecule has 0 amide bonds. The van der Waals surface area contributed by atoms with Crippen LogP contribution in [0, 0.1) is 0 Å². The molecule has 0 saturated carbocycles. The van der Waals surface area contributed by atoms with Crippen LogP contribution in [0.3, 0.4) is 0 Å². The molecule has 2 aromatic rings. The van der Waals surface area contributed by atoms with E-state index in [0.717, 1.165) is 5.56 Å². The van der Waals surface area contributed by atoms with Crippen molar-refractivity contribution < 1.29 is 19.0 Å². The second-order valence-electron chi connectivity index (χ2n) is 5.80. The molecule has 1 spiro atoms. The molecule has 1 fully saturated rings. The third kappa shape index (κ3) is 2.22. The van der Waals surface area contributed by atoms with Gasteiger partial charge in [0.1, 0.15) is 18.8 Å². The molecule has 3 heterocycles. The van der Waals surface area contributed by atoms with Gasteiger partial charge in [-0.2, -0.15) is 0 Å². The van der Waals surface area contributed by atoms with E-state index in [4.69, 9.17) is 14.2 Å². The number of benzene rings is 1. The number of cyclic esters (lactones) is 1. The molecule has 1 aromatic heterocycles. The van der Waals surface area contributed by atoms with Gasteiger partial charge in [-0.25, -0.2) is 4.79 Å². The van der Waals surface area contributed by atoms with E-state index in [9.17, 15) is 9.59 Å². The lowest BCUT2D eigenvalue weighted by Crippen LogP contribution is -2.59. The maximum Gasteiger partial charge on any atom is 0.359 e. The topological polar surface area (TPSA) is 66.8 Å². The Hall–Kier alpha value is -2.60. The Bertz CT molecular complexity index is 807. The summed E-state index contributed by atoms with van der Waals surface area (Å²) in [5, 5.41) is 0. The summed E-state index contributed by atoms with van der Waals surface area (Å²) in [6.07, 6.45) is 1.62. The van der Waals surface area contributed by atoms with Crippen LogP contribution in [0.4, 0.5) is 0 Å². The van der Waals surface area contributed by atoms with Crippen molar-refractivity contribution in [3.63, 3.8) is 0 Å². The molecule has 23 heavy (non-hydrogen) atoms. The average molecular weight is 313 g/mol.